The first kappa shape index (κ1) is 13.2. The minimum absolute atomic E-state index is 0.316. The number of hydrogen-bond donors (Lipinski definition) is 0. The second-order valence-electron chi connectivity index (χ2n) is 7.81. The lowest BCUT2D eigenvalue weighted by molar-refractivity contribution is -0.216. The molecular weight excluding hydrogens is 413 g/mol. The first-order valence-electron chi connectivity index (χ1n) is 8.39. The van der Waals surface area contributed by atoms with E-state index in [9.17, 15) is 13.7 Å². The van der Waals surface area contributed by atoms with Crippen molar-refractivity contribution in [1.29, 1.82) is 0 Å². The fourth-order valence-corrected chi connectivity index (χ4v) is 11.4. The highest BCUT2D eigenvalue weighted by atomic mass is 31.2. The Morgan fingerprint density at radius 3 is 1.59 bits per heavy atom. The van der Waals surface area contributed by atoms with Crippen LogP contribution in [0.2, 0.25) is 0 Å². The van der Waals surface area contributed by atoms with Crippen LogP contribution in [0.15, 0.2) is 48.8 Å². The Labute approximate surface area is 150 Å². The van der Waals surface area contributed by atoms with E-state index in [-0.39, 0.29) is 5.92 Å². The van der Waals surface area contributed by atoms with Gasteiger partial charge in [0.25, 0.3) is 27.7 Å². The molecule has 9 rings (SSSR count). The lowest BCUT2D eigenvalue weighted by Crippen LogP contribution is -2.44. The average molecular weight is 420 g/mol. The maximum Gasteiger partial charge on any atom is 0.295 e. The molecule has 0 spiro atoms. The number of rotatable bonds is 6. The SMILES string of the molecule is CC(C1=C2N=C3N1P32=O)C(C)(OC1=C2N=C3N1P32=O)OC1=C2N=C3N1P32=O. The monoisotopic (exact) mass is 420 g/mol. The zero-order chi connectivity index (χ0) is 18.0. The van der Waals surface area contributed by atoms with Gasteiger partial charge in [-0.1, -0.05) is 0 Å². The van der Waals surface area contributed by atoms with Gasteiger partial charge in [0, 0.05) is 6.92 Å². The van der Waals surface area contributed by atoms with Crippen molar-refractivity contribution in [3.05, 3.63) is 33.8 Å². The van der Waals surface area contributed by atoms with E-state index in [1.54, 1.807) is 20.9 Å². The Morgan fingerprint density at radius 2 is 1.26 bits per heavy atom. The topological polar surface area (TPSA) is 116 Å². The van der Waals surface area contributed by atoms with E-state index in [4.69, 9.17) is 9.47 Å². The van der Waals surface area contributed by atoms with Gasteiger partial charge in [-0.15, -0.1) is 0 Å². The molecule has 0 saturated carbocycles. The van der Waals surface area contributed by atoms with Crippen LogP contribution in [-0.2, 0) is 23.2 Å². The van der Waals surface area contributed by atoms with Gasteiger partial charge in [0.15, 0.2) is 10.9 Å². The van der Waals surface area contributed by atoms with Crippen LogP contribution >= 0.6 is 21.9 Å². The minimum Gasteiger partial charge on any atom is -0.433 e. The molecular formula is C13H7N6O5P3. The first-order valence-corrected chi connectivity index (χ1v) is 13.4. The van der Waals surface area contributed by atoms with E-state index >= 15 is 0 Å². The van der Waals surface area contributed by atoms with Crippen LogP contribution in [0.4, 0.5) is 0 Å². The standard InChI is InChI=1S/C13H7N6O5P3/c1-3(4-5-14-10-17(4)25(5,10)20)13(2,23-8-6-15-11-18(8)26(6,11)21)24-9-7-16-12-19(9)27(7,12)22/h3H,1-2H3. The minimum atomic E-state index is -2.44. The third-order valence-corrected chi connectivity index (χ3v) is 14.0. The smallest absolute Gasteiger partial charge is 0.295 e. The van der Waals surface area contributed by atoms with Gasteiger partial charge in [-0.25, -0.2) is 24.3 Å². The average Bonchev–Trinajstić information content (AvgIpc) is 3.23. The third-order valence-electron chi connectivity index (χ3n) is 6.61. The second-order valence-corrected chi connectivity index (χ2v) is 14.9. The molecule has 0 amide bonds. The van der Waals surface area contributed by atoms with Gasteiger partial charge in [0.05, 0.1) is 11.6 Å². The summed E-state index contributed by atoms with van der Waals surface area (Å²) >= 11 is 0. The molecule has 27 heavy (non-hydrogen) atoms. The maximum atomic E-state index is 12.4. The van der Waals surface area contributed by atoms with Crippen LogP contribution < -0.4 is 0 Å². The summed E-state index contributed by atoms with van der Waals surface area (Å²) in [6, 6.07) is 0. The second kappa shape index (κ2) is 2.89. The molecule has 9 aliphatic rings. The Balaban J connectivity index is 1.13. The molecule has 9 heterocycles. The highest BCUT2D eigenvalue weighted by molar-refractivity contribution is 7.97. The number of aliphatic imine (C=N–C) groups is 3. The molecule has 3 saturated heterocycles. The summed E-state index contributed by atoms with van der Waals surface area (Å²) < 4.78 is 54.3. The lowest BCUT2D eigenvalue weighted by atomic mass is 9.98. The molecule has 134 valence electrons. The molecule has 0 aromatic carbocycles. The van der Waals surface area contributed by atoms with Gasteiger partial charge in [0.2, 0.25) is 28.5 Å². The van der Waals surface area contributed by atoms with E-state index in [2.05, 4.69) is 15.0 Å². The Hall–Kier alpha value is -2.08. The zero-order valence-corrected chi connectivity index (χ0v) is 16.3. The lowest BCUT2D eigenvalue weighted by Gasteiger charge is -2.41. The van der Waals surface area contributed by atoms with E-state index in [1.165, 1.54) is 0 Å². The van der Waals surface area contributed by atoms with Gasteiger partial charge < -0.3 is 9.47 Å². The summed E-state index contributed by atoms with van der Waals surface area (Å²) in [4.78, 5) is 12.6. The van der Waals surface area contributed by atoms with Crippen LogP contribution in [0.5, 0.6) is 0 Å². The van der Waals surface area contributed by atoms with E-state index in [0.29, 0.717) is 44.8 Å². The summed E-state index contributed by atoms with van der Waals surface area (Å²) in [5, 5.41) is 0. The summed E-state index contributed by atoms with van der Waals surface area (Å²) in [6.07, 6.45) is 0. The number of ether oxygens (including phenoxy) is 2. The molecule has 11 nitrogen and oxygen atoms in total. The largest absolute Gasteiger partial charge is 0.433 e. The molecule has 0 radical (unpaired) electrons. The number of nitrogens with zero attached hydrogens (tertiary/aromatic N) is 6. The van der Waals surface area contributed by atoms with Crippen molar-refractivity contribution in [2.24, 2.45) is 20.9 Å². The number of fused-ring (bicyclic) bond motifs is 3. The summed E-state index contributed by atoms with van der Waals surface area (Å²) in [7, 11) is -7.28. The maximum absolute atomic E-state index is 12.4. The fraction of sp³-hybridized carbons (Fsp3) is 0.308. The molecule has 14 heteroatoms. The van der Waals surface area contributed by atoms with Gasteiger partial charge >= 0.3 is 0 Å². The van der Waals surface area contributed by atoms with Crippen molar-refractivity contribution in [2.45, 2.75) is 19.6 Å². The van der Waals surface area contributed by atoms with Crippen molar-refractivity contribution < 1.29 is 23.2 Å². The van der Waals surface area contributed by atoms with Crippen LogP contribution in [0.25, 0.3) is 0 Å². The zero-order valence-electron chi connectivity index (χ0n) is 13.6. The molecule has 4 atom stereocenters. The van der Waals surface area contributed by atoms with E-state index < -0.39 is 27.7 Å². The number of hydrogen-bond acceptors (Lipinski definition) is 8. The Bertz CT molecular complexity index is 1360. The van der Waals surface area contributed by atoms with Crippen LogP contribution in [0.1, 0.15) is 13.8 Å². The summed E-state index contributed by atoms with van der Waals surface area (Å²) in [5.41, 5.74) is 4.31. The van der Waals surface area contributed by atoms with Gasteiger partial charge in [0.1, 0.15) is 5.44 Å². The molecule has 4 unspecified atom stereocenters. The van der Waals surface area contributed by atoms with E-state index in [0.717, 1.165) is 5.70 Å². The Kier molecular flexibility index (Phi) is 1.41. The first-order chi connectivity index (χ1) is 12.8. The predicted molar refractivity (Wildman–Crippen MR) is 91.5 cm³/mol. The molecule has 0 bridgehead atoms. The highest BCUT2D eigenvalue weighted by Gasteiger charge is 2.83. The van der Waals surface area contributed by atoms with Crippen molar-refractivity contribution in [1.82, 2.24) is 14.0 Å². The van der Waals surface area contributed by atoms with Crippen molar-refractivity contribution in [3.8, 4) is 0 Å². The molecule has 0 N–H and O–H groups in total. The molecule has 3 fully saturated rings. The van der Waals surface area contributed by atoms with Crippen molar-refractivity contribution >= 4 is 38.6 Å². The van der Waals surface area contributed by atoms with Crippen LogP contribution in [-0.4, -0.2) is 36.5 Å². The van der Waals surface area contributed by atoms with Crippen molar-refractivity contribution in [3.63, 3.8) is 0 Å². The number of amidine groups is 3. The highest BCUT2D eigenvalue weighted by Crippen LogP contribution is 2.93. The predicted octanol–water partition coefficient (Wildman–Crippen LogP) is 2.72. The van der Waals surface area contributed by atoms with Gasteiger partial charge in [-0.2, -0.15) is 0 Å². The van der Waals surface area contributed by atoms with Gasteiger partial charge in [-0.05, 0) is 6.92 Å². The molecule has 0 aromatic heterocycles. The fourth-order valence-electron chi connectivity index (χ4n) is 4.65. The van der Waals surface area contributed by atoms with Crippen molar-refractivity contribution in [2.75, 3.05) is 0 Å². The molecule has 0 aliphatic carbocycles. The Morgan fingerprint density at radius 1 is 0.815 bits per heavy atom. The quantitative estimate of drug-likeness (QED) is 0.366. The summed E-state index contributed by atoms with van der Waals surface area (Å²) in [6.45, 7) is 3.68. The third kappa shape index (κ3) is 0.886. The van der Waals surface area contributed by atoms with Crippen LogP contribution in [0, 0.1) is 5.92 Å². The van der Waals surface area contributed by atoms with E-state index in [1.807, 2.05) is 6.92 Å². The molecule has 0 aromatic rings. The molecule has 9 aliphatic heterocycles. The van der Waals surface area contributed by atoms with Crippen LogP contribution in [0.3, 0.4) is 0 Å². The summed E-state index contributed by atoms with van der Waals surface area (Å²) in [5.74, 6) is -0.620. The normalized spacial score (nSPS) is 45.7. The van der Waals surface area contributed by atoms with Gasteiger partial charge in [-0.3, -0.25) is 18.4 Å².